The second-order valence-electron chi connectivity index (χ2n) is 4.68. The summed E-state index contributed by atoms with van der Waals surface area (Å²) in [7, 11) is 0. The van der Waals surface area contributed by atoms with Gasteiger partial charge in [0.2, 0.25) is 0 Å². The molecule has 0 aliphatic carbocycles. The van der Waals surface area contributed by atoms with Crippen molar-refractivity contribution in [3.63, 3.8) is 0 Å². The molecule has 5 nitrogen and oxygen atoms in total. The van der Waals surface area contributed by atoms with Crippen molar-refractivity contribution >= 4 is 21.9 Å². The third-order valence-corrected chi connectivity index (χ3v) is 4.04. The van der Waals surface area contributed by atoms with Gasteiger partial charge in [0.05, 0.1) is 11.4 Å². The Bertz CT molecular complexity index is 814. The lowest BCUT2D eigenvalue weighted by molar-refractivity contribution is 0.173. The fraction of sp³-hybridized carbons (Fsp3) is 0.143. The number of imidazole rings is 2. The molecule has 0 aromatic carbocycles. The number of thiazole rings is 1. The van der Waals surface area contributed by atoms with Crippen LogP contribution in [-0.2, 0) is 6.42 Å². The van der Waals surface area contributed by atoms with Gasteiger partial charge in [0.1, 0.15) is 11.8 Å². The number of fused-ring (bicyclic) bond motifs is 2. The molecule has 0 fully saturated rings. The van der Waals surface area contributed by atoms with Crippen molar-refractivity contribution in [2.45, 2.75) is 12.5 Å². The highest BCUT2D eigenvalue weighted by molar-refractivity contribution is 7.15. The van der Waals surface area contributed by atoms with Gasteiger partial charge in [0.25, 0.3) is 0 Å². The monoisotopic (exact) mass is 284 g/mol. The van der Waals surface area contributed by atoms with Crippen molar-refractivity contribution in [2.75, 3.05) is 0 Å². The van der Waals surface area contributed by atoms with Gasteiger partial charge in [-0.15, -0.1) is 11.3 Å². The van der Waals surface area contributed by atoms with E-state index in [4.69, 9.17) is 0 Å². The molecule has 1 unspecified atom stereocenters. The lowest BCUT2D eigenvalue weighted by Gasteiger charge is -2.04. The maximum Gasteiger partial charge on any atom is 0.193 e. The van der Waals surface area contributed by atoms with E-state index in [0.717, 1.165) is 16.3 Å². The number of rotatable bonds is 3. The first kappa shape index (κ1) is 11.6. The summed E-state index contributed by atoms with van der Waals surface area (Å²) in [6.07, 6.45) is 7.53. The van der Waals surface area contributed by atoms with Gasteiger partial charge in [-0.1, -0.05) is 6.07 Å². The van der Waals surface area contributed by atoms with Gasteiger partial charge >= 0.3 is 0 Å². The minimum absolute atomic E-state index is 0.471. The van der Waals surface area contributed by atoms with E-state index in [-0.39, 0.29) is 0 Å². The molecule has 0 bridgehead atoms. The minimum Gasteiger partial charge on any atom is -0.386 e. The van der Waals surface area contributed by atoms with Crippen LogP contribution in [0, 0.1) is 0 Å². The van der Waals surface area contributed by atoms with Crippen molar-refractivity contribution in [1.82, 2.24) is 18.8 Å². The van der Waals surface area contributed by atoms with Crippen molar-refractivity contribution in [3.8, 4) is 0 Å². The van der Waals surface area contributed by atoms with E-state index in [9.17, 15) is 5.11 Å². The highest BCUT2D eigenvalue weighted by atomic mass is 32.1. The first-order valence-electron chi connectivity index (χ1n) is 6.32. The van der Waals surface area contributed by atoms with Crippen LogP contribution < -0.4 is 0 Å². The SMILES string of the molecule is OC(Cc1cn2ccsc2n1)c1cn2ccccc2n1. The minimum atomic E-state index is -0.639. The molecule has 0 spiro atoms. The Morgan fingerprint density at radius 3 is 2.95 bits per heavy atom. The number of hydrogen-bond acceptors (Lipinski definition) is 4. The molecule has 0 radical (unpaired) electrons. The van der Waals surface area contributed by atoms with Crippen molar-refractivity contribution in [2.24, 2.45) is 0 Å². The summed E-state index contributed by atoms with van der Waals surface area (Å²) < 4.78 is 3.88. The topological polar surface area (TPSA) is 54.8 Å². The summed E-state index contributed by atoms with van der Waals surface area (Å²) in [5.41, 5.74) is 2.39. The summed E-state index contributed by atoms with van der Waals surface area (Å²) in [6, 6.07) is 5.79. The maximum absolute atomic E-state index is 10.3. The molecule has 0 amide bonds. The van der Waals surface area contributed by atoms with Crippen LogP contribution in [0.1, 0.15) is 17.5 Å². The molecule has 20 heavy (non-hydrogen) atoms. The van der Waals surface area contributed by atoms with Crippen molar-refractivity contribution in [1.29, 1.82) is 0 Å². The van der Waals surface area contributed by atoms with Gasteiger partial charge < -0.3 is 9.51 Å². The zero-order valence-corrected chi connectivity index (χ0v) is 11.4. The van der Waals surface area contributed by atoms with E-state index in [1.165, 1.54) is 0 Å². The van der Waals surface area contributed by atoms with E-state index in [1.54, 1.807) is 11.3 Å². The fourth-order valence-corrected chi connectivity index (χ4v) is 3.01. The van der Waals surface area contributed by atoms with Gasteiger partial charge in [0, 0.05) is 36.6 Å². The molecule has 6 heteroatoms. The van der Waals surface area contributed by atoms with Gasteiger partial charge in [-0.05, 0) is 12.1 Å². The molecule has 0 saturated heterocycles. The molecule has 1 N–H and O–H groups in total. The predicted molar refractivity (Wildman–Crippen MR) is 76.9 cm³/mol. The molecule has 4 heterocycles. The molecule has 0 aliphatic rings. The Morgan fingerprint density at radius 2 is 2.10 bits per heavy atom. The number of hydrogen-bond donors (Lipinski definition) is 1. The molecule has 0 saturated carbocycles. The molecule has 1 atom stereocenters. The highest BCUT2D eigenvalue weighted by Crippen LogP contribution is 2.19. The Balaban J connectivity index is 1.62. The Labute approximate surface area is 118 Å². The largest absolute Gasteiger partial charge is 0.386 e. The van der Waals surface area contributed by atoms with E-state index in [0.29, 0.717) is 12.1 Å². The Morgan fingerprint density at radius 1 is 1.15 bits per heavy atom. The number of aliphatic hydroxyl groups excluding tert-OH is 1. The molecular formula is C14H12N4OS. The third kappa shape index (κ3) is 1.90. The summed E-state index contributed by atoms with van der Waals surface area (Å²) in [4.78, 5) is 9.86. The van der Waals surface area contributed by atoms with Crippen LogP contribution in [0.5, 0.6) is 0 Å². The van der Waals surface area contributed by atoms with Crippen LogP contribution >= 0.6 is 11.3 Å². The molecule has 4 rings (SSSR count). The fourth-order valence-electron chi connectivity index (χ4n) is 2.29. The molecule has 0 aliphatic heterocycles. The van der Waals surface area contributed by atoms with Gasteiger partial charge in [-0.2, -0.15) is 0 Å². The Kier molecular flexibility index (Phi) is 2.58. The van der Waals surface area contributed by atoms with Crippen LogP contribution in [0.3, 0.4) is 0 Å². The van der Waals surface area contributed by atoms with Crippen LogP contribution in [-0.4, -0.2) is 23.9 Å². The predicted octanol–water partition coefficient (Wildman–Crippen LogP) is 2.32. The molecule has 4 aromatic rings. The second-order valence-corrected chi connectivity index (χ2v) is 5.55. The summed E-state index contributed by atoms with van der Waals surface area (Å²) >= 11 is 1.59. The van der Waals surface area contributed by atoms with Crippen LogP contribution in [0.15, 0.2) is 48.4 Å². The summed E-state index contributed by atoms with van der Waals surface area (Å²) in [6.45, 7) is 0. The van der Waals surface area contributed by atoms with Crippen LogP contribution in [0.4, 0.5) is 0 Å². The number of pyridine rings is 1. The summed E-state index contributed by atoms with van der Waals surface area (Å²) in [5.74, 6) is 0. The van der Waals surface area contributed by atoms with Gasteiger partial charge in [-0.3, -0.25) is 4.40 Å². The van der Waals surface area contributed by atoms with Gasteiger partial charge in [-0.25, -0.2) is 9.97 Å². The first-order valence-corrected chi connectivity index (χ1v) is 7.20. The number of aromatic nitrogens is 4. The number of nitrogens with zero attached hydrogens (tertiary/aromatic N) is 4. The van der Waals surface area contributed by atoms with E-state index in [2.05, 4.69) is 9.97 Å². The summed E-state index contributed by atoms with van der Waals surface area (Å²) in [5, 5.41) is 12.3. The number of aliphatic hydroxyl groups is 1. The second kappa shape index (κ2) is 4.43. The Hall–Kier alpha value is -2.18. The maximum atomic E-state index is 10.3. The normalized spacial score (nSPS) is 13.2. The molecular weight excluding hydrogens is 272 g/mol. The third-order valence-electron chi connectivity index (χ3n) is 3.27. The zero-order chi connectivity index (χ0) is 13.5. The average molecular weight is 284 g/mol. The van der Waals surface area contributed by atoms with Crippen LogP contribution in [0.25, 0.3) is 10.6 Å². The van der Waals surface area contributed by atoms with Gasteiger partial charge in [0.15, 0.2) is 4.96 Å². The van der Waals surface area contributed by atoms with E-state index in [1.807, 2.05) is 57.2 Å². The average Bonchev–Trinajstić information content (AvgIpc) is 3.10. The first-order chi connectivity index (χ1) is 9.79. The van der Waals surface area contributed by atoms with Crippen molar-refractivity contribution in [3.05, 3.63) is 59.8 Å². The highest BCUT2D eigenvalue weighted by Gasteiger charge is 2.14. The standard InChI is InChI=1S/C14H12N4OS/c19-12(7-10-8-18-5-6-20-14(18)15-10)11-9-17-4-2-1-3-13(17)16-11/h1-6,8-9,12,19H,7H2. The smallest absolute Gasteiger partial charge is 0.193 e. The lowest BCUT2D eigenvalue weighted by atomic mass is 10.1. The van der Waals surface area contributed by atoms with Crippen molar-refractivity contribution < 1.29 is 5.11 Å². The molecule has 100 valence electrons. The van der Waals surface area contributed by atoms with E-state index >= 15 is 0 Å². The quantitative estimate of drug-likeness (QED) is 0.628. The lowest BCUT2D eigenvalue weighted by Crippen LogP contribution is -2.02. The van der Waals surface area contributed by atoms with E-state index < -0.39 is 6.10 Å². The molecule has 4 aromatic heterocycles. The zero-order valence-electron chi connectivity index (χ0n) is 10.5. The van der Waals surface area contributed by atoms with Crippen LogP contribution in [0.2, 0.25) is 0 Å².